The number of carbonyl (C=O) groups is 2. The number of nitrogens with zero attached hydrogens (tertiary/aromatic N) is 1. The van der Waals surface area contributed by atoms with Gasteiger partial charge in [-0.05, 0) is 42.7 Å². The number of piperidine rings is 2. The normalized spacial score (nSPS) is 42.8. The summed E-state index contributed by atoms with van der Waals surface area (Å²) in [5.74, 6) is 0.395. The molecular weight excluding hydrogens is 300 g/mol. The fourth-order valence-electron chi connectivity index (χ4n) is 6.35. The van der Waals surface area contributed by atoms with Crippen molar-refractivity contribution < 1.29 is 9.59 Å². The number of ketones is 1. The van der Waals surface area contributed by atoms with Crippen LogP contribution in [0.15, 0.2) is 30.3 Å². The van der Waals surface area contributed by atoms with Gasteiger partial charge in [0.05, 0.1) is 5.92 Å². The summed E-state index contributed by atoms with van der Waals surface area (Å²) in [4.78, 5) is 28.8. The monoisotopic (exact) mass is 324 g/mol. The van der Waals surface area contributed by atoms with Crippen molar-refractivity contribution >= 4 is 11.7 Å². The first-order valence-electron chi connectivity index (χ1n) is 9.09. The molecule has 2 unspecified atom stereocenters. The average Bonchev–Trinajstić information content (AvgIpc) is 3.04. The number of benzene rings is 1. The van der Waals surface area contributed by atoms with Gasteiger partial charge in [0.2, 0.25) is 5.91 Å². The Labute approximate surface area is 142 Å². The van der Waals surface area contributed by atoms with E-state index in [0.29, 0.717) is 6.54 Å². The predicted molar refractivity (Wildman–Crippen MR) is 90.5 cm³/mol. The summed E-state index contributed by atoms with van der Waals surface area (Å²) in [6, 6.07) is 10.1. The highest BCUT2D eigenvalue weighted by atomic mass is 16.2. The second-order valence-electron chi connectivity index (χ2n) is 8.77. The molecule has 1 saturated carbocycles. The molecule has 126 valence electrons. The van der Waals surface area contributed by atoms with E-state index in [-0.39, 0.29) is 34.5 Å². The molecule has 1 aliphatic carbocycles. The van der Waals surface area contributed by atoms with Gasteiger partial charge in [-0.3, -0.25) is 14.5 Å². The molecule has 1 N–H and O–H groups in total. The summed E-state index contributed by atoms with van der Waals surface area (Å²) < 4.78 is 0. The van der Waals surface area contributed by atoms with Crippen LogP contribution >= 0.6 is 0 Å². The third kappa shape index (κ3) is 1.45. The van der Waals surface area contributed by atoms with Crippen molar-refractivity contribution in [1.82, 2.24) is 10.2 Å². The summed E-state index contributed by atoms with van der Waals surface area (Å²) >= 11 is 0. The minimum Gasteiger partial charge on any atom is -0.340 e. The first kappa shape index (κ1) is 14.6. The van der Waals surface area contributed by atoms with Gasteiger partial charge in [0.1, 0.15) is 11.1 Å². The molecule has 0 aromatic heterocycles. The van der Waals surface area contributed by atoms with Gasteiger partial charge in [-0.15, -0.1) is 0 Å². The van der Waals surface area contributed by atoms with Crippen LogP contribution in [0.25, 0.3) is 0 Å². The van der Waals surface area contributed by atoms with E-state index < -0.39 is 5.54 Å². The highest BCUT2D eigenvalue weighted by Crippen LogP contribution is 2.63. The van der Waals surface area contributed by atoms with Gasteiger partial charge in [-0.2, -0.15) is 0 Å². The summed E-state index contributed by atoms with van der Waals surface area (Å²) in [6.07, 6.45) is 2.83. The predicted octanol–water partition coefficient (Wildman–Crippen LogP) is 2.10. The van der Waals surface area contributed by atoms with E-state index >= 15 is 0 Å². The van der Waals surface area contributed by atoms with E-state index in [4.69, 9.17) is 0 Å². The number of amides is 1. The molecule has 2 bridgehead atoms. The average molecular weight is 324 g/mol. The molecule has 4 heteroatoms. The summed E-state index contributed by atoms with van der Waals surface area (Å²) in [5, 5.41) is 3.23. The molecule has 5 aliphatic rings. The van der Waals surface area contributed by atoms with Crippen LogP contribution in [-0.2, 0) is 9.59 Å². The number of rotatable bonds is 1. The molecule has 1 amide bonds. The van der Waals surface area contributed by atoms with E-state index in [1.54, 1.807) is 0 Å². The Kier molecular flexibility index (Phi) is 2.62. The van der Waals surface area contributed by atoms with Crippen molar-refractivity contribution in [3.63, 3.8) is 0 Å². The molecule has 1 aromatic carbocycles. The number of fused-ring (bicyclic) bond motifs is 1. The summed E-state index contributed by atoms with van der Waals surface area (Å²) in [6.45, 7) is 6.11. The maximum atomic E-state index is 13.6. The standard InChI is InChI=1S/C20H24N2O2/c1-18(2)14-11-19-9-6-10-22(19)12-20(14,21-17(19)24)16(23)15(18)13-7-4-3-5-8-13/h3-5,7-8,14-15H,6,9-12H2,1-2H3,(H,21,24)/t14?,15?,19-,20-/m0/s1. The Bertz CT molecular complexity index is 743. The Balaban J connectivity index is 1.67. The first-order valence-corrected chi connectivity index (χ1v) is 9.09. The lowest BCUT2D eigenvalue weighted by atomic mass is 9.61. The SMILES string of the molecule is CC1(C)C(c2ccccc2)C(=O)[C@]23CN4CCC[C@]4(CC12)C(=O)N3. The van der Waals surface area contributed by atoms with Crippen LogP contribution < -0.4 is 5.32 Å². The highest BCUT2D eigenvalue weighted by molar-refractivity contribution is 6.05. The highest BCUT2D eigenvalue weighted by Gasteiger charge is 2.74. The van der Waals surface area contributed by atoms with Gasteiger partial charge in [0.15, 0.2) is 5.78 Å². The second-order valence-corrected chi connectivity index (χ2v) is 8.77. The zero-order valence-electron chi connectivity index (χ0n) is 14.3. The Hall–Kier alpha value is -1.68. The second kappa shape index (κ2) is 4.29. The number of nitrogens with one attached hydrogen (secondary N) is 1. The molecule has 4 atom stereocenters. The van der Waals surface area contributed by atoms with Crippen molar-refractivity contribution in [2.75, 3.05) is 13.1 Å². The van der Waals surface area contributed by atoms with Crippen molar-refractivity contribution in [3.8, 4) is 0 Å². The summed E-state index contributed by atoms with van der Waals surface area (Å²) in [5.41, 5.74) is -0.0945. The Morgan fingerprint density at radius 3 is 2.67 bits per heavy atom. The molecule has 6 rings (SSSR count). The number of Topliss-reactive ketones (excluding diaryl/α,β-unsaturated/α-hetero) is 1. The van der Waals surface area contributed by atoms with Gasteiger partial charge >= 0.3 is 0 Å². The summed E-state index contributed by atoms with van der Waals surface area (Å²) in [7, 11) is 0. The lowest BCUT2D eigenvalue weighted by molar-refractivity contribution is -0.160. The molecule has 4 saturated heterocycles. The van der Waals surface area contributed by atoms with E-state index in [2.05, 4.69) is 36.2 Å². The number of carbonyl (C=O) groups excluding carboxylic acids is 2. The fourth-order valence-corrected chi connectivity index (χ4v) is 6.35. The lowest BCUT2D eigenvalue weighted by Crippen LogP contribution is -2.80. The van der Waals surface area contributed by atoms with Crippen LogP contribution in [0.2, 0.25) is 0 Å². The molecule has 0 radical (unpaired) electrons. The van der Waals surface area contributed by atoms with Crippen molar-refractivity contribution in [1.29, 1.82) is 0 Å². The number of hydrogen-bond donors (Lipinski definition) is 1. The van der Waals surface area contributed by atoms with E-state index in [1.807, 2.05) is 18.2 Å². The quantitative estimate of drug-likeness (QED) is 0.861. The maximum absolute atomic E-state index is 13.6. The molecule has 2 spiro atoms. The van der Waals surface area contributed by atoms with Gasteiger partial charge in [0.25, 0.3) is 0 Å². The Morgan fingerprint density at radius 1 is 1.17 bits per heavy atom. The third-order valence-corrected chi connectivity index (χ3v) is 7.44. The molecule has 4 aliphatic heterocycles. The molecule has 4 heterocycles. The molecule has 24 heavy (non-hydrogen) atoms. The molecule has 4 nitrogen and oxygen atoms in total. The van der Waals surface area contributed by atoms with Crippen LogP contribution in [0.3, 0.4) is 0 Å². The topological polar surface area (TPSA) is 49.4 Å². The largest absolute Gasteiger partial charge is 0.340 e. The third-order valence-electron chi connectivity index (χ3n) is 7.44. The van der Waals surface area contributed by atoms with E-state index in [9.17, 15) is 9.59 Å². The minimum absolute atomic E-state index is 0.0976. The van der Waals surface area contributed by atoms with Gasteiger partial charge < -0.3 is 5.32 Å². The van der Waals surface area contributed by atoms with Crippen LogP contribution in [-0.4, -0.2) is 40.8 Å². The number of hydrogen-bond acceptors (Lipinski definition) is 3. The molecular formula is C20H24N2O2. The Morgan fingerprint density at radius 2 is 1.92 bits per heavy atom. The fraction of sp³-hybridized carbons (Fsp3) is 0.600. The van der Waals surface area contributed by atoms with Crippen molar-refractivity contribution in [2.45, 2.75) is 50.1 Å². The number of piperazine rings is 1. The van der Waals surface area contributed by atoms with Gasteiger partial charge in [-0.1, -0.05) is 44.2 Å². The van der Waals surface area contributed by atoms with Gasteiger partial charge in [-0.25, -0.2) is 0 Å². The molecule has 1 aromatic rings. The van der Waals surface area contributed by atoms with Gasteiger partial charge in [0, 0.05) is 6.54 Å². The van der Waals surface area contributed by atoms with Crippen molar-refractivity contribution in [2.24, 2.45) is 11.3 Å². The zero-order valence-corrected chi connectivity index (χ0v) is 14.3. The van der Waals surface area contributed by atoms with E-state index in [1.165, 1.54) is 0 Å². The first-order chi connectivity index (χ1) is 11.4. The smallest absolute Gasteiger partial charge is 0.241 e. The maximum Gasteiger partial charge on any atom is 0.241 e. The van der Waals surface area contributed by atoms with Crippen LogP contribution in [0.1, 0.15) is 44.6 Å². The minimum atomic E-state index is -0.687. The molecule has 5 fully saturated rings. The van der Waals surface area contributed by atoms with E-state index in [0.717, 1.165) is 31.4 Å². The van der Waals surface area contributed by atoms with Crippen molar-refractivity contribution in [3.05, 3.63) is 35.9 Å². The van der Waals surface area contributed by atoms with Crippen LogP contribution in [0.4, 0.5) is 0 Å². The van der Waals surface area contributed by atoms with Crippen LogP contribution in [0, 0.1) is 11.3 Å². The zero-order chi connectivity index (χ0) is 16.7. The lowest BCUT2D eigenvalue weighted by Gasteiger charge is -2.59. The van der Waals surface area contributed by atoms with Crippen LogP contribution in [0.5, 0.6) is 0 Å².